The van der Waals surface area contributed by atoms with Crippen LogP contribution >= 0.6 is 0 Å². The van der Waals surface area contributed by atoms with Crippen LogP contribution in [0.3, 0.4) is 0 Å². The van der Waals surface area contributed by atoms with E-state index in [1.807, 2.05) is 25.1 Å². The van der Waals surface area contributed by atoms with Crippen molar-refractivity contribution < 1.29 is 17.9 Å². The highest BCUT2D eigenvalue weighted by molar-refractivity contribution is 7.89. The van der Waals surface area contributed by atoms with E-state index in [1.54, 1.807) is 19.2 Å². The number of rotatable bonds is 9. The third-order valence-electron chi connectivity index (χ3n) is 3.61. The SMILES string of the molecule is CCCOc1cc(OC)ccc1CCNS(=O)(=O)c1ccc(N)cc1. The lowest BCUT2D eigenvalue weighted by atomic mass is 10.1. The Morgan fingerprint density at radius 2 is 1.84 bits per heavy atom. The second-order valence-electron chi connectivity index (χ2n) is 5.54. The van der Waals surface area contributed by atoms with E-state index in [-0.39, 0.29) is 11.4 Å². The molecule has 6 nitrogen and oxygen atoms in total. The van der Waals surface area contributed by atoms with Crippen molar-refractivity contribution in [3.8, 4) is 11.5 Å². The number of hydrogen-bond donors (Lipinski definition) is 2. The molecule has 0 aliphatic carbocycles. The first kappa shape index (κ1) is 19.1. The third kappa shape index (κ3) is 5.37. The summed E-state index contributed by atoms with van der Waals surface area (Å²) < 4.78 is 38.1. The van der Waals surface area contributed by atoms with Gasteiger partial charge in [-0.1, -0.05) is 13.0 Å². The molecular weight excluding hydrogens is 340 g/mol. The first-order chi connectivity index (χ1) is 12.0. The molecule has 7 heteroatoms. The molecule has 0 unspecified atom stereocenters. The fraction of sp³-hybridized carbons (Fsp3) is 0.333. The molecule has 2 rings (SSSR count). The third-order valence-corrected chi connectivity index (χ3v) is 5.09. The van der Waals surface area contributed by atoms with Gasteiger partial charge in [-0.2, -0.15) is 0 Å². The van der Waals surface area contributed by atoms with Crippen molar-refractivity contribution in [2.24, 2.45) is 0 Å². The molecule has 0 amide bonds. The number of benzene rings is 2. The predicted octanol–water partition coefficient (Wildman–Crippen LogP) is 2.59. The monoisotopic (exact) mass is 364 g/mol. The molecule has 0 saturated heterocycles. The lowest BCUT2D eigenvalue weighted by Gasteiger charge is -2.13. The fourth-order valence-electron chi connectivity index (χ4n) is 2.27. The van der Waals surface area contributed by atoms with Crippen LogP contribution in [0.4, 0.5) is 5.69 Å². The zero-order valence-corrected chi connectivity index (χ0v) is 15.3. The molecule has 0 heterocycles. The Hall–Kier alpha value is -2.25. The van der Waals surface area contributed by atoms with Crippen LogP contribution in [0.2, 0.25) is 0 Å². The molecule has 3 N–H and O–H groups in total. The zero-order valence-electron chi connectivity index (χ0n) is 14.5. The van der Waals surface area contributed by atoms with Gasteiger partial charge in [0.2, 0.25) is 10.0 Å². The highest BCUT2D eigenvalue weighted by Gasteiger charge is 2.14. The molecular formula is C18H24N2O4S. The molecule has 0 atom stereocenters. The summed E-state index contributed by atoms with van der Waals surface area (Å²) in [5.74, 6) is 1.42. The Morgan fingerprint density at radius 1 is 1.12 bits per heavy atom. The van der Waals surface area contributed by atoms with Gasteiger partial charge in [0.05, 0.1) is 18.6 Å². The molecule has 0 aliphatic rings. The standard InChI is InChI=1S/C18H24N2O4S/c1-3-12-24-18-13-16(23-2)7-4-14(18)10-11-20-25(21,22)17-8-5-15(19)6-9-17/h4-9,13,20H,3,10-12,19H2,1-2H3. The van der Waals surface area contributed by atoms with Crippen LogP contribution in [0.5, 0.6) is 11.5 Å². The molecule has 0 saturated carbocycles. The maximum Gasteiger partial charge on any atom is 0.240 e. The smallest absolute Gasteiger partial charge is 0.240 e. The van der Waals surface area contributed by atoms with Crippen molar-refractivity contribution >= 4 is 15.7 Å². The highest BCUT2D eigenvalue weighted by atomic mass is 32.2. The first-order valence-electron chi connectivity index (χ1n) is 8.11. The van der Waals surface area contributed by atoms with E-state index in [1.165, 1.54) is 12.1 Å². The quantitative estimate of drug-likeness (QED) is 0.668. The summed E-state index contributed by atoms with van der Waals surface area (Å²) in [6.45, 7) is 2.89. The molecule has 0 spiro atoms. The lowest BCUT2D eigenvalue weighted by Crippen LogP contribution is -2.26. The number of sulfonamides is 1. The van der Waals surface area contributed by atoms with Crippen LogP contribution in [0.25, 0.3) is 0 Å². The summed E-state index contributed by atoms with van der Waals surface area (Å²) in [5, 5.41) is 0. The van der Waals surface area contributed by atoms with Gasteiger partial charge in [0.15, 0.2) is 0 Å². The second kappa shape index (κ2) is 8.73. The van der Waals surface area contributed by atoms with Gasteiger partial charge in [-0.3, -0.25) is 0 Å². The van der Waals surface area contributed by atoms with E-state index >= 15 is 0 Å². The molecule has 0 aromatic heterocycles. The van der Waals surface area contributed by atoms with Crippen molar-refractivity contribution in [3.63, 3.8) is 0 Å². The summed E-state index contributed by atoms with van der Waals surface area (Å²) in [6, 6.07) is 11.6. The number of methoxy groups -OCH3 is 1. The van der Waals surface area contributed by atoms with Crippen LogP contribution in [0, 0.1) is 0 Å². The van der Waals surface area contributed by atoms with E-state index in [4.69, 9.17) is 15.2 Å². The summed E-state index contributed by atoms with van der Waals surface area (Å²) in [7, 11) is -1.96. The van der Waals surface area contributed by atoms with Gasteiger partial charge < -0.3 is 15.2 Å². The first-order valence-corrected chi connectivity index (χ1v) is 9.59. The molecule has 25 heavy (non-hydrogen) atoms. The van der Waals surface area contributed by atoms with E-state index in [9.17, 15) is 8.42 Å². The van der Waals surface area contributed by atoms with Gasteiger partial charge >= 0.3 is 0 Å². The van der Waals surface area contributed by atoms with Gasteiger partial charge in [0, 0.05) is 18.3 Å². The molecule has 0 fully saturated rings. The minimum Gasteiger partial charge on any atom is -0.497 e. The van der Waals surface area contributed by atoms with Crippen LogP contribution in [-0.4, -0.2) is 28.7 Å². The Labute approximate surface area is 149 Å². The molecule has 2 aromatic rings. The minimum absolute atomic E-state index is 0.193. The van der Waals surface area contributed by atoms with Gasteiger partial charge in [0.1, 0.15) is 11.5 Å². The van der Waals surface area contributed by atoms with Gasteiger partial charge in [-0.05, 0) is 48.7 Å². The maximum absolute atomic E-state index is 12.3. The average Bonchev–Trinajstić information content (AvgIpc) is 2.61. The van der Waals surface area contributed by atoms with Crippen LogP contribution in [0.15, 0.2) is 47.4 Å². The molecule has 0 bridgehead atoms. The average molecular weight is 364 g/mol. The van der Waals surface area contributed by atoms with Crippen molar-refractivity contribution in [3.05, 3.63) is 48.0 Å². The second-order valence-corrected chi connectivity index (χ2v) is 7.31. The Morgan fingerprint density at radius 3 is 2.48 bits per heavy atom. The largest absolute Gasteiger partial charge is 0.497 e. The molecule has 0 aliphatic heterocycles. The van der Waals surface area contributed by atoms with E-state index in [0.29, 0.717) is 30.2 Å². The number of nitrogens with two attached hydrogens (primary N) is 1. The van der Waals surface area contributed by atoms with Crippen LogP contribution in [-0.2, 0) is 16.4 Å². The van der Waals surface area contributed by atoms with Crippen molar-refractivity contribution in [2.75, 3.05) is 26.0 Å². The van der Waals surface area contributed by atoms with E-state index in [0.717, 1.165) is 12.0 Å². The molecule has 136 valence electrons. The topological polar surface area (TPSA) is 90.6 Å². The van der Waals surface area contributed by atoms with E-state index in [2.05, 4.69) is 4.72 Å². The number of nitrogen functional groups attached to an aromatic ring is 1. The number of ether oxygens (including phenoxy) is 2. The van der Waals surface area contributed by atoms with E-state index < -0.39 is 10.0 Å². The molecule has 0 radical (unpaired) electrons. The van der Waals surface area contributed by atoms with Crippen molar-refractivity contribution in [2.45, 2.75) is 24.7 Å². The van der Waals surface area contributed by atoms with Crippen LogP contribution in [0.1, 0.15) is 18.9 Å². The fourth-order valence-corrected chi connectivity index (χ4v) is 3.30. The van der Waals surface area contributed by atoms with Crippen LogP contribution < -0.4 is 19.9 Å². The van der Waals surface area contributed by atoms with Gasteiger partial charge in [-0.15, -0.1) is 0 Å². The number of anilines is 1. The number of hydrogen-bond acceptors (Lipinski definition) is 5. The summed E-state index contributed by atoms with van der Waals surface area (Å²) >= 11 is 0. The Bertz CT molecular complexity index is 789. The molecule has 2 aromatic carbocycles. The normalized spacial score (nSPS) is 11.3. The maximum atomic E-state index is 12.3. The van der Waals surface area contributed by atoms with Crippen molar-refractivity contribution in [1.82, 2.24) is 4.72 Å². The summed E-state index contributed by atoms with van der Waals surface area (Å²) in [5.41, 5.74) is 7.04. The number of nitrogens with one attached hydrogen (secondary N) is 1. The summed E-state index contributed by atoms with van der Waals surface area (Å²) in [4.78, 5) is 0.193. The Kier molecular flexibility index (Phi) is 6.66. The predicted molar refractivity (Wildman–Crippen MR) is 98.5 cm³/mol. The van der Waals surface area contributed by atoms with Crippen molar-refractivity contribution in [1.29, 1.82) is 0 Å². The van der Waals surface area contributed by atoms with Gasteiger partial charge in [-0.25, -0.2) is 13.1 Å². The Balaban J connectivity index is 2.04. The minimum atomic E-state index is -3.56. The summed E-state index contributed by atoms with van der Waals surface area (Å²) in [6.07, 6.45) is 1.40. The zero-order chi connectivity index (χ0) is 18.3. The lowest BCUT2D eigenvalue weighted by molar-refractivity contribution is 0.311. The van der Waals surface area contributed by atoms with Gasteiger partial charge in [0.25, 0.3) is 0 Å². The highest BCUT2D eigenvalue weighted by Crippen LogP contribution is 2.25.